The van der Waals surface area contributed by atoms with Crippen LogP contribution >= 0.6 is 11.6 Å². The van der Waals surface area contributed by atoms with E-state index in [4.69, 9.17) is 21.9 Å². The van der Waals surface area contributed by atoms with Gasteiger partial charge < -0.3 is 14.8 Å². The monoisotopic (exact) mass is 281 g/mol. The Labute approximate surface area is 112 Å². The van der Waals surface area contributed by atoms with E-state index in [1.807, 2.05) is 0 Å². The number of nitrogens with zero attached hydrogens (tertiary/aromatic N) is 4. The van der Waals surface area contributed by atoms with E-state index in [9.17, 15) is 4.39 Å². The topological polar surface area (TPSA) is 82.8 Å². The maximum Gasteiger partial charge on any atom is 0.223 e. The van der Waals surface area contributed by atoms with Gasteiger partial charge in [0.15, 0.2) is 5.82 Å². The van der Waals surface area contributed by atoms with Crippen molar-refractivity contribution in [3.05, 3.63) is 34.7 Å². The Hall–Kier alpha value is -2.15. The van der Waals surface area contributed by atoms with Crippen molar-refractivity contribution in [3.8, 4) is 0 Å². The highest BCUT2D eigenvalue weighted by Crippen LogP contribution is 2.25. The summed E-state index contributed by atoms with van der Waals surface area (Å²) in [6, 6.07) is 2.72. The molecule has 3 rings (SSSR count). The second-order valence-corrected chi connectivity index (χ2v) is 4.45. The second-order valence-electron chi connectivity index (χ2n) is 4.04. The zero-order valence-corrected chi connectivity index (χ0v) is 10.6. The molecule has 0 radical (unpaired) electrons. The first kappa shape index (κ1) is 11.9. The SMILES string of the molecule is Cc1nc(Cn2c(N)nc3cc(Cl)c(F)cc32)no1. The third kappa shape index (κ3) is 2.01. The van der Waals surface area contributed by atoms with Crippen molar-refractivity contribution in [1.29, 1.82) is 0 Å². The zero-order valence-electron chi connectivity index (χ0n) is 9.89. The number of hydrogen-bond donors (Lipinski definition) is 1. The highest BCUT2D eigenvalue weighted by Gasteiger charge is 2.14. The fourth-order valence-corrected chi connectivity index (χ4v) is 2.01. The number of aromatic nitrogens is 4. The Kier molecular flexibility index (Phi) is 2.63. The predicted molar refractivity (Wildman–Crippen MR) is 67.3 cm³/mol. The Bertz CT molecular complexity index is 766. The molecule has 0 fully saturated rings. The third-order valence-electron chi connectivity index (χ3n) is 2.69. The Morgan fingerprint density at radius 3 is 2.89 bits per heavy atom. The molecule has 2 heterocycles. The van der Waals surface area contributed by atoms with Gasteiger partial charge in [-0.2, -0.15) is 4.98 Å². The summed E-state index contributed by atoms with van der Waals surface area (Å²) in [5.41, 5.74) is 6.86. The zero-order chi connectivity index (χ0) is 13.6. The van der Waals surface area contributed by atoms with E-state index in [1.165, 1.54) is 12.1 Å². The molecule has 0 spiro atoms. The van der Waals surface area contributed by atoms with Gasteiger partial charge in [-0.05, 0) is 6.07 Å². The van der Waals surface area contributed by atoms with E-state index in [0.717, 1.165) is 0 Å². The molecular formula is C11H9ClFN5O. The molecule has 0 bridgehead atoms. The van der Waals surface area contributed by atoms with Gasteiger partial charge in [-0.3, -0.25) is 0 Å². The molecular weight excluding hydrogens is 273 g/mol. The Balaban J connectivity index is 2.12. The average Bonchev–Trinajstić information content (AvgIpc) is 2.87. The molecule has 0 atom stereocenters. The van der Waals surface area contributed by atoms with E-state index in [1.54, 1.807) is 11.5 Å². The fraction of sp³-hybridized carbons (Fsp3) is 0.182. The van der Waals surface area contributed by atoms with Gasteiger partial charge in [0.25, 0.3) is 0 Å². The minimum Gasteiger partial charge on any atom is -0.369 e. The van der Waals surface area contributed by atoms with E-state index in [2.05, 4.69) is 15.1 Å². The van der Waals surface area contributed by atoms with Crippen molar-refractivity contribution in [2.75, 3.05) is 5.73 Å². The van der Waals surface area contributed by atoms with Gasteiger partial charge in [0.1, 0.15) is 5.82 Å². The molecule has 98 valence electrons. The average molecular weight is 282 g/mol. The third-order valence-corrected chi connectivity index (χ3v) is 2.98. The number of rotatable bonds is 2. The summed E-state index contributed by atoms with van der Waals surface area (Å²) in [5.74, 6) is 0.602. The normalized spacial score (nSPS) is 11.3. The summed E-state index contributed by atoms with van der Waals surface area (Å²) in [4.78, 5) is 8.19. The number of halogens is 2. The first-order chi connectivity index (χ1) is 9.04. The number of hydrogen-bond acceptors (Lipinski definition) is 5. The van der Waals surface area contributed by atoms with Crippen molar-refractivity contribution in [2.24, 2.45) is 0 Å². The van der Waals surface area contributed by atoms with Crippen LogP contribution in [0.3, 0.4) is 0 Å². The maximum atomic E-state index is 13.5. The molecule has 0 aliphatic rings. The van der Waals surface area contributed by atoms with E-state index >= 15 is 0 Å². The molecule has 0 aliphatic heterocycles. The lowest BCUT2D eigenvalue weighted by Gasteiger charge is -2.03. The summed E-state index contributed by atoms with van der Waals surface area (Å²) >= 11 is 5.71. The van der Waals surface area contributed by atoms with Crippen molar-refractivity contribution in [2.45, 2.75) is 13.5 Å². The highest BCUT2D eigenvalue weighted by atomic mass is 35.5. The van der Waals surface area contributed by atoms with Crippen LogP contribution in [0.5, 0.6) is 0 Å². The lowest BCUT2D eigenvalue weighted by Crippen LogP contribution is -2.06. The number of anilines is 1. The molecule has 1 aromatic carbocycles. The standard InChI is InChI=1S/C11H9ClFN5O/c1-5-15-10(17-19-5)4-18-9-3-7(13)6(12)2-8(9)16-11(18)14/h2-3H,4H2,1H3,(H2,14,16). The minimum absolute atomic E-state index is 0.00700. The molecule has 2 aromatic heterocycles. The van der Waals surface area contributed by atoms with E-state index in [0.29, 0.717) is 22.7 Å². The van der Waals surface area contributed by atoms with Gasteiger partial charge in [-0.1, -0.05) is 16.8 Å². The predicted octanol–water partition coefficient (Wildman–Crippen LogP) is 2.15. The number of benzene rings is 1. The quantitative estimate of drug-likeness (QED) is 0.778. The number of nitrogen functional groups attached to an aromatic ring is 1. The summed E-state index contributed by atoms with van der Waals surface area (Å²) in [7, 11) is 0. The molecule has 0 unspecified atom stereocenters. The molecule has 0 aliphatic carbocycles. The molecule has 8 heteroatoms. The second kappa shape index (κ2) is 4.20. The fourth-order valence-electron chi connectivity index (χ4n) is 1.85. The van der Waals surface area contributed by atoms with Gasteiger partial charge in [-0.15, -0.1) is 0 Å². The Morgan fingerprint density at radius 1 is 1.42 bits per heavy atom. The molecule has 3 aromatic rings. The Morgan fingerprint density at radius 2 is 2.21 bits per heavy atom. The summed E-state index contributed by atoms with van der Waals surface area (Å²) in [6.07, 6.45) is 0. The van der Waals surface area contributed by atoms with Crippen molar-refractivity contribution >= 4 is 28.6 Å². The molecule has 0 saturated carbocycles. The minimum atomic E-state index is -0.528. The van der Waals surface area contributed by atoms with Gasteiger partial charge in [0.05, 0.1) is 22.6 Å². The van der Waals surface area contributed by atoms with Gasteiger partial charge in [-0.25, -0.2) is 9.37 Å². The van der Waals surface area contributed by atoms with Gasteiger partial charge >= 0.3 is 0 Å². The highest BCUT2D eigenvalue weighted by molar-refractivity contribution is 6.31. The lowest BCUT2D eigenvalue weighted by atomic mass is 10.3. The van der Waals surface area contributed by atoms with Crippen molar-refractivity contribution in [3.63, 3.8) is 0 Å². The van der Waals surface area contributed by atoms with Crippen LogP contribution in [-0.4, -0.2) is 19.7 Å². The van der Waals surface area contributed by atoms with Crippen LogP contribution in [-0.2, 0) is 6.54 Å². The molecule has 19 heavy (non-hydrogen) atoms. The first-order valence-electron chi connectivity index (χ1n) is 5.44. The van der Waals surface area contributed by atoms with Crippen LogP contribution in [0.25, 0.3) is 11.0 Å². The number of aryl methyl sites for hydroxylation is 1. The van der Waals surface area contributed by atoms with Crippen molar-refractivity contribution in [1.82, 2.24) is 19.7 Å². The molecule has 0 amide bonds. The van der Waals surface area contributed by atoms with Crippen LogP contribution in [0.15, 0.2) is 16.7 Å². The number of nitrogens with two attached hydrogens (primary N) is 1. The van der Waals surface area contributed by atoms with Gasteiger partial charge in [0.2, 0.25) is 11.8 Å². The van der Waals surface area contributed by atoms with Crippen LogP contribution in [0.2, 0.25) is 5.02 Å². The number of fused-ring (bicyclic) bond motifs is 1. The van der Waals surface area contributed by atoms with Crippen LogP contribution in [0.4, 0.5) is 10.3 Å². The van der Waals surface area contributed by atoms with Crippen molar-refractivity contribution < 1.29 is 8.91 Å². The van der Waals surface area contributed by atoms with E-state index in [-0.39, 0.29) is 17.5 Å². The van der Waals surface area contributed by atoms with Crippen LogP contribution < -0.4 is 5.73 Å². The summed E-state index contributed by atoms with van der Waals surface area (Å²) < 4.78 is 20.0. The molecule has 0 saturated heterocycles. The first-order valence-corrected chi connectivity index (χ1v) is 5.82. The summed E-state index contributed by atoms with van der Waals surface area (Å²) in [6.45, 7) is 1.94. The summed E-state index contributed by atoms with van der Waals surface area (Å²) in [5, 5.41) is 3.78. The molecule has 2 N–H and O–H groups in total. The lowest BCUT2D eigenvalue weighted by molar-refractivity contribution is 0.386. The van der Waals surface area contributed by atoms with Gasteiger partial charge in [0, 0.05) is 13.0 Å². The van der Waals surface area contributed by atoms with Crippen LogP contribution in [0.1, 0.15) is 11.7 Å². The number of imidazole rings is 1. The smallest absolute Gasteiger partial charge is 0.223 e. The largest absolute Gasteiger partial charge is 0.369 e. The molecule has 6 nitrogen and oxygen atoms in total. The maximum absolute atomic E-state index is 13.5. The van der Waals surface area contributed by atoms with E-state index < -0.39 is 5.82 Å². The van der Waals surface area contributed by atoms with Crippen LogP contribution in [0, 0.1) is 12.7 Å².